The summed E-state index contributed by atoms with van der Waals surface area (Å²) in [7, 11) is 0. The Labute approximate surface area is 154 Å². The Morgan fingerprint density at radius 2 is 2.04 bits per heavy atom. The lowest BCUT2D eigenvalue weighted by Crippen LogP contribution is -2.38. The number of aromatic nitrogens is 3. The van der Waals surface area contributed by atoms with E-state index in [0.717, 1.165) is 32.1 Å². The molecule has 0 radical (unpaired) electrons. The molecule has 2 aromatic heterocycles. The Morgan fingerprint density at radius 3 is 2.85 bits per heavy atom. The van der Waals surface area contributed by atoms with E-state index in [0.29, 0.717) is 18.0 Å². The Morgan fingerprint density at radius 1 is 1.15 bits per heavy atom. The summed E-state index contributed by atoms with van der Waals surface area (Å²) >= 11 is 0. The Hall–Kier alpha value is -2.21. The highest BCUT2D eigenvalue weighted by atomic mass is 16.1. The molecule has 138 valence electrons. The molecule has 1 N–H and O–H groups in total. The minimum atomic E-state index is -0.0506. The summed E-state index contributed by atoms with van der Waals surface area (Å²) in [6.45, 7) is 4.65. The predicted molar refractivity (Wildman–Crippen MR) is 99.5 cm³/mol. The standard InChI is InChI=1S/C20H27N5O/c26-20(18-6-3-8-21-11-18)22-10-17-13-24(12-16-4-1-2-5-16)15-19-7-9-23-25(19)14-17/h3,6-9,11,16-17H,1-2,4-5,10,12-15H2,(H,22,26)/t17-/m0/s1. The zero-order valence-electron chi connectivity index (χ0n) is 15.2. The van der Waals surface area contributed by atoms with Crippen LogP contribution < -0.4 is 5.32 Å². The number of nitrogens with one attached hydrogen (secondary N) is 1. The minimum Gasteiger partial charge on any atom is -0.352 e. The van der Waals surface area contributed by atoms with Gasteiger partial charge in [-0.1, -0.05) is 12.8 Å². The topological polar surface area (TPSA) is 63.1 Å². The summed E-state index contributed by atoms with van der Waals surface area (Å²) in [6.07, 6.45) is 10.7. The van der Waals surface area contributed by atoms with Gasteiger partial charge in [0.1, 0.15) is 0 Å². The number of carbonyl (C=O) groups excluding carboxylic acids is 1. The number of fused-ring (bicyclic) bond motifs is 1. The maximum Gasteiger partial charge on any atom is 0.252 e. The summed E-state index contributed by atoms with van der Waals surface area (Å²) in [6, 6.07) is 5.71. The number of carbonyl (C=O) groups is 1. The maximum absolute atomic E-state index is 12.3. The second kappa shape index (κ2) is 7.99. The molecule has 0 unspecified atom stereocenters. The molecule has 1 aliphatic heterocycles. The molecular formula is C20H27N5O. The van der Waals surface area contributed by atoms with Crippen LogP contribution in [0.15, 0.2) is 36.8 Å². The zero-order chi connectivity index (χ0) is 17.8. The lowest BCUT2D eigenvalue weighted by Gasteiger charge is -2.26. The van der Waals surface area contributed by atoms with E-state index in [4.69, 9.17) is 0 Å². The van der Waals surface area contributed by atoms with Crippen molar-refractivity contribution in [1.82, 2.24) is 25.0 Å². The van der Waals surface area contributed by atoms with Crippen molar-refractivity contribution in [3.63, 3.8) is 0 Å². The molecule has 0 aromatic carbocycles. The lowest BCUT2D eigenvalue weighted by atomic mass is 10.1. The Bertz CT molecular complexity index is 723. The van der Waals surface area contributed by atoms with Crippen LogP contribution in [-0.2, 0) is 13.1 Å². The van der Waals surface area contributed by atoms with Crippen molar-refractivity contribution >= 4 is 5.91 Å². The largest absolute Gasteiger partial charge is 0.352 e. The van der Waals surface area contributed by atoms with E-state index in [1.165, 1.54) is 31.4 Å². The van der Waals surface area contributed by atoms with E-state index in [-0.39, 0.29) is 5.91 Å². The van der Waals surface area contributed by atoms with E-state index < -0.39 is 0 Å². The molecule has 0 bridgehead atoms. The van der Waals surface area contributed by atoms with Crippen molar-refractivity contribution in [1.29, 1.82) is 0 Å². The van der Waals surface area contributed by atoms with Crippen molar-refractivity contribution in [3.8, 4) is 0 Å². The zero-order valence-corrected chi connectivity index (χ0v) is 15.2. The number of amides is 1. The summed E-state index contributed by atoms with van der Waals surface area (Å²) in [5.74, 6) is 1.14. The van der Waals surface area contributed by atoms with Crippen LogP contribution in [0.25, 0.3) is 0 Å². The van der Waals surface area contributed by atoms with Gasteiger partial charge in [-0.3, -0.25) is 19.4 Å². The fourth-order valence-corrected chi connectivity index (χ4v) is 4.28. The normalized spacial score (nSPS) is 21.3. The van der Waals surface area contributed by atoms with Gasteiger partial charge in [0, 0.05) is 57.2 Å². The summed E-state index contributed by atoms with van der Waals surface area (Å²) in [4.78, 5) is 18.9. The molecule has 1 fully saturated rings. The van der Waals surface area contributed by atoms with Gasteiger partial charge in [-0.05, 0) is 37.0 Å². The highest BCUT2D eigenvalue weighted by molar-refractivity contribution is 5.93. The number of hydrogen-bond acceptors (Lipinski definition) is 4. The van der Waals surface area contributed by atoms with E-state index >= 15 is 0 Å². The van der Waals surface area contributed by atoms with Crippen LogP contribution >= 0.6 is 0 Å². The van der Waals surface area contributed by atoms with Crippen LogP contribution in [-0.4, -0.2) is 45.2 Å². The summed E-state index contributed by atoms with van der Waals surface area (Å²) in [5.41, 5.74) is 1.90. The monoisotopic (exact) mass is 353 g/mol. The van der Waals surface area contributed by atoms with Gasteiger partial charge in [-0.2, -0.15) is 5.10 Å². The highest BCUT2D eigenvalue weighted by Gasteiger charge is 2.26. The third-order valence-electron chi connectivity index (χ3n) is 5.60. The molecule has 26 heavy (non-hydrogen) atoms. The van der Waals surface area contributed by atoms with Crippen LogP contribution in [0.3, 0.4) is 0 Å². The average molecular weight is 353 g/mol. The first kappa shape index (κ1) is 17.2. The van der Waals surface area contributed by atoms with Gasteiger partial charge in [-0.25, -0.2) is 0 Å². The van der Waals surface area contributed by atoms with Gasteiger partial charge in [0.25, 0.3) is 5.91 Å². The lowest BCUT2D eigenvalue weighted by molar-refractivity contribution is 0.0939. The molecule has 0 spiro atoms. The van der Waals surface area contributed by atoms with E-state index in [1.54, 1.807) is 24.5 Å². The summed E-state index contributed by atoms with van der Waals surface area (Å²) in [5, 5.41) is 7.57. The number of pyridine rings is 1. The van der Waals surface area contributed by atoms with E-state index in [1.807, 2.05) is 6.20 Å². The number of rotatable bonds is 5. The van der Waals surface area contributed by atoms with Crippen LogP contribution in [0.1, 0.15) is 41.7 Å². The fraction of sp³-hybridized carbons (Fsp3) is 0.550. The molecule has 1 amide bonds. The molecule has 6 nitrogen and oxygen atoms in total. The summed E-state index contributed by atoms with van der Waals surface area (Å²) < 4.78 is 2.11. The second-order valence-corrected chi connectivity index (χ2v) is 7.67. The molecule has 2 aromatic rings. The van der Waals surface area contributed by atoms with Gasteiger partial charge in [0.15, 0.2) is 0 Å². The van der Waals surface area contributed by atoms with E-state index in [9.17, 15) is 4.79 Å². The van der Waals surface area contributed by atoms with Crippen LogP contribution in [0.5, 0.6) is 0 Å². The molecule has 1 aliphatic carbocycles. The van der Waals surface area contributed by atoms with Crippen molar-refractivity contribution < 1.29 is 4.79 Å². The van der Waals surface area contributed by atoms with E-state index in [2.05, 4.69) is 31.0 Å². The van der Waals surface area contributed by atoms with Crippen LogP contribution in [0.2, 0.25) is 0 Å². The van der Waals surface area contributed by atoms with Gasteiger partial charge in [0.2, 0.25) is 0 Å². The highest BCUT2D eigenvalue weighted by Crippen LogP contribution is 2.27. The third-order valence-corrected chi connectivity index (χ3v) is 5.60. The van der Waals surface area contributed by atoms with Gasteiger partial charge in [0.05, 0.1) is 11.3 Å². The fourth-order valence-electron chi connectivity index (χ4n) is 4.28. The third kappa shape index (κ3) is 4.12. The SMILES string of the molecule is O=C(NC[C@H]1CN(CC2CCCC2)Cc2ccnn2C1)c1cccnc1. The molecule has 2 aliphatic rings. The maximum atomic E-state index is 12.3. The molecular weight excluding hydrogens is 326 g/mol. The minimum absolute atomic E-state index is 0.0506. The second-order valence-electron chi connectivity index (χ2n) is 7.67. The van der Waals surface area contributed by atoms with Crippen LogP contribution in [0, 0.1) is 11.8 Å². The van der Waals surface area contributed by atoms with Crippen molar-refractivity contribution in [2.75, 3.05) is 19.6 Å². The molecule has 4 rings (SSSR count). The molecule has 6 heteroatoms. The number of nitrogens with zero attached hydrogens (tertiary/aromatic N) is 4. The predicted octanol–water partition coefficient (Wildman–Crippen LogP) is 2.33. The molecule has 0 saturated heterocycles. The van der Waals surface area contributed by atoms with Crippen molar-refractivity contribution in [3.05, 3.63) is 48.0 Å². The van der Waals surface area contributed by atoms with Crippen molar-refractivity contribution in [2.24, 2.45) is 11.8 Å². The number of hydrogen-bond donors (Lipinski definition) is 1. The molecule has 1 saturated carbocycles. The van der Waals surface area contributed by atoms with Gasteiger partial charge < -0.3 is 5.32 Å². The first-order valence-electron chi connectivity index (χ1n) is 9.69. The van der Waals surface area contributed by atoms with Crippen LogP contribution in [0.4, 0.5) is 0 Å². The smallest absolute Gasteiger partial charge is 0.252 e. The average Bonchev–Trinajstić information content (AvgIpc) is 3.29. The molecule has 3 heterocycles. The van der Waals surface area contributed by atoms with Gasteiger partial charge in [-0.15, -0.1) is 0 Å². The van der Waals surface area contributed by atoms with Crippen molar-refractivity contribution in [2.45, 2.75) is 38.8 Å². The molecule has 1 atom stereocenters. The first-order chi connectivity index (χ1) is 12.8. The van der Waals surface area contributed by atoms with Gasteiger partial charge >= 0.3 is 0 Å². The first-order valence-corrected chi connectivity index (χ1v) is 9.69. The quantitative estimate of drug-likeness (QED) is 0.896. The Kier molecular flexibility index (Phi) is 5.29. The Balaban J connectivity index is 1.40.